The maximum absolute atomic E-state index is 12.5. The fraction of sp³-hybridized carbons (Fsp3) is 0.500. The van der Waals surface area contributed by atoms with Crippen molar-refractivity contribution in [3.8, 4) is 0 Å². The van der Waals surface area contributed by atoms with Gasteiger partial charge in [0.05, 0.1) is 22.5 Å². The smallest absolute Gasteiger partial charge is 0.253 e. The maximum atomic E-state index is 12.5. The molecule has 1 saturated heterocycles. The van der Waals surface area contributed by atoms with E-state index in [-0.39, 0.29) is 17.2 Å². The van der Waals surface area contributed by atoms with Gasteiger partial charge in [0.15, 0.2) is 0 Å². The Morgan fingerprint density at radius 1 is 1.21 bits per heavy atom. The van der Waals surface area contributed by atoms with Crippen molar-refractivity contribution in [3.05, 3.63) is 30.0 Å². The van der Waals surface area contributed by atoms with Gasteiger partial charge in [-0.2, -0.15) is 5.10 Å². The van der Waals surface area contributed by atoms with Crippen LogP contribution in [0.25, 0.3) is 10.9 Å². The summed E-state index contributed by atoms with van der Waals surface area (Å²) >= 11 is 0. The Morgan fingerprint density at radius 2 is 1.96 bits per heavy atom. The molecular weight excluding hydrogens is 328 g/mol. The zero-order valence-corrected chi connectivity index (χ0v) is 14.1. The van der Waals surface area contributed by atoms with Crippen LogP contribution in [0.2, 0.25) is 0 Å². The first kappa shape index (κ1) is 15.6. The summed E-state index contributed by atoms with van der Waals surface area (Å²) in [5.74, 6) is -0.145. The van der Waals surface area contributed by atoms with Gasteiger partial charge in [0.25, 0.3) is 5.91 Å². The quantitative estimate of drug-likeness (QED) is 0.869. The molecule has 2 aliphatic rings. The third-order valence-corrected chi connectivity index (χ3v) is 7.21. The lowest BCUT2D eigenvalue weighted by atomic mass is 10.1. The van der Waals surface area contributed by atoms with Crippen LogP contribution in [0.5, 0.6) is 0 Å². The summed E-state index contributed by atoms with van der Waals surface area (Å²) in [5.41, 5.74) is 1.29. The van der Waals surface area contributed by atoms with Gasteiger partial charge in [-0.25, -0.2) is 12.7 Å². The van der Waals surface area contributed by atoms with Crippen LogP contribution >= 0.6 is 0 Å². The molecule has 0 unspecified atom stereocenters. The number of hydrogen-bond donors (Lipinski definition) is 2. The van der Waals surface area contributed by atoms with Gasteiger partial charge in [0, 0.05) is 24.5 Å². The Bertz CT molecular complexity index is 864. The van der Waals surface area contributed by atoms with E-state index in [1.807, 2.05) is 12.1 Å². The van der Waals surface area contributed by atoms with Crippen LogP contribution in [0.3, 0.4) is 0 Å². The molecule has 128 valence electrons. The van der Waals surface area contributed by atoms with Crippen molar-refractivity contribution in [2.45, 2.75) is 37.0 Å². The second-order valence-electron chi connectivity index (χ2n) is 6.53. The van der Waals surface area contributed by atoms with E-state index in [1.165, 1.54) is 0 Å². The molecule has 1 aromatic carbocycles. The van der Waals surface area contributed by atoms with Crippen molar-refractivity contribution < 1.29 is 13.2 Å². The second-order valence-corrected chi connectivity index (χ2v) is 8.74. The summed E-state index contributed by atoms with van der Waals surface area (Å²) in [6.45, 7) is 0.968. The van der Waals surface area contributed by atoms with Crippen LogP contribution in [0.15, 0.2) is 24.4 Å². The molecule has 1 amide bonds. The number of amides is 1. The third-order valence-electron chi connectivity index (χ3n) is 4.82. The molecular formula is C16H20N4O3S. The largest absolute Gasteiger partial charge is 0.349 e. The Balaban J connectivity index is 1.40. The number of para-hydroxylation sites is 1. The summed E-state index contributed by atoms with van der Waals surface area (Å²) in [6, 6.07) is 5.50. The number of hydrogen-bond acceptors (Lipinski definition) is 4. The number of nitrogens with one attached hydrogen (secondary N) is 2. The van der Waals surface area contributed by atoms with Crippen molar-refractivity contribution in [3.63, 3.8) is 0 Å². The zero-order chi connectivity index (χ0) is 16.7. The predicted molar refractivity (Wildman–Crippen MR) is 90.1 cm³/mol. The molecule has 0 bridgehead atoms. The van der Waals surface area contributed by atoms with E-state index in [0.29, 0.717) is 31.5 Å². The number of carbonyl (C=O) groups excluding carboxylic acids is 1. The molecule has 1 aromatic heterocycles. The van der Waals surface area contributed by atoms with Crippen molar-refractivity contribution in [2.75, 3.05) is 13.1 Å². The summed E-state index contributed by atoms with van der Waals surface area (Å²) < 4.78 is 26.1. The Kier molecular flexibility index (Phi) is 3.80. The van der Waals surface area contributed by atoms with Crippen LogP contribution in [-0.4, -0.2) is 53.2 Å². The van der Waals surface area contributed by atoms with E-state index in [2.05, 4.69) is 15.5 Å². The van der Waals surface area contributed by atoms with Crippen LogP contribution in [0.1, 0.15) is 36.0 Å². The lowest BCUT2D eigenvalue weighted by Crippen LogP contribution is -2.47. The second kappa shape index (κ2) is 5.86. The number of carbonyl (C=O) groups is 1. The molecule has 2 N–H and O–H groups in total. The van der Waals surface area contributed by atoms with Crippen LogP contribution in [-0.2, 0) is 10.0 Å². The van der Waals surface area contributed by atoms with E-state index >= 15 is 0 Å². The molecule has 4 rings (SSSR count). The van der Waals surface area contributed by atoms with Crippen molar-refractivity contribution in [1.82, 2.24) is 19.8 Å². The lowest BCUT2D eigenvalue weighted by Gasteiger charge is -2.31. The number of H-pyrrole nitrogens is 1. The number of aromatic nitrogens is 2. The summed E-state index contributed by atoms with van der Waals surface area (Å²) in [7, 11) is -3.11. The fourth-order valence-electron chi connectivity index (χ4n) is 3.25. The lowest BCUT2D eigenvalue weighted by molar-refractivity contribution is 0.0925. The van der Waals surface area contributed by atoms with Gasteiger partial charge in [-0.15, -0.1) is 0 Å². The first-order valence-electron chi connectivity index (χ1n) is 8.27. The standard InChI is InChI=1S/C16H20N4O3S/c21-16(14-3-1-2-11-10-17-19-15(11)14)18-12-6-8-20(9-7-12)24(22,23)13-4-5-13/h1-3,10,12-13H,4-9H2,(H,17,19)(H,18,21). The Labute approximate surface area is 140 Å². The van der Waals surface area contributed by atoms with Crippen molar-refractivity contribution >= 4 is 26.8 Å². The highest BCUT2D eigenvalue weighted by molar-refractivity contribution is 7.90. The molecule has 2 heterocycles. The topological polar surface area (TPSA) is 95.2 Å². The van der Waals surface area contributed by atoms with Gasteiger partial charge in [-0.1, -0.05) is 12.1 Å². The van der Waals surface area contributed by atoms with Crippen LogP contribution in [0.4, 0.5) is 0 Å². The highest BCUT2D eigenvalue weighted by Crippen LogP contribution is 2.32. The number of benzene rings is 1. The highest BCUT2D eigenvalue weighted by Gasteiger charge is 2.41. The van der Waals surface area contributed by atoms with Gasteiger partial charge in [0.2, 0.25) is 10.0 Å². The average Bonchev–Trinajstić information content (AvgIpc) is 3.33. The van der Waals surface area contributed by atoms with Crippen LogP contribution in [0, 0.1) is 0 Å². The van der Waals surface area contributed by atoms with Gasteiger partial charge in [-0.3, -0.25) is 9.89 Å². The van der Waals surface area contributed by atoms with Crippen molar-refractivity contribution in [2.24, 2.45) is 0 Å². The van der Waals surface area contributed by atoms with E-state index < -0.39 is 10.0 Å². The first-order valence-corrected chi connectivity index (χ1v) is 9.78. The summed E-state index contributed by atoms with van der Waals surface area (Å²) in [5, 5.41) is 10.6. The number of piperidine rings is 1. The zero-order valence-electron chi connectivity index (χ0n) is 13.2. The number of sulfonamides is 1. The molecule has 2 fully saturated rings. The predicted octanol–water partition coefficient (Wildman–Crippen LogP) is 1.25. The molecule has 0 atom stereocenters. The summed E-state index contributed by atoms with van der Waals surface area (Å²) in [6.07, 6.45) is 4.56. The maximum Gasteiger partial charge on any atom is 0.253 e. The molecule has 2 aromatic rings. The highest BCUT2D eigenvalue weighted by atomic mass is 32.2. The number of aromatic amines is 1. The minimum Gasteiger partial charge on any atom is -0.349 e. The monoisotopic (exact) mass is 348 g/mol. The number of rotatable bonds is 4. The van der Waals surface area contributed by atoms with Gasteiger partial charge >= 0.3 is 0 Å². The molecule has 0 spiro atoms. The SMILES string of the molecule is O=C(NC1CCN(S(=O)(=O)C2CC2)CC1)c1cccc2cn[nH]c12. The normalized spacial score (nSPS) is 20.3. The van der Waals surface area contributed by atoms with E-state index in [4.69, 9.17) is 0 Å². The molecule has 8 heteroatoms. The molecule has 1 aliphatic carbocycles. The average molecular weight is 348 g/mol. The van der Waals surface area contributed by atoms with Gasteiger partial charge in [-0.05, 0) is 31.7 Å². The molecule has 0 radical (unpaired) electrons. The molecule has 24 heavy (non-hydrogen) atoms. The van der Waals surface area contributed by atoms with E-state index in [9.17, 15) is 13.2 Å². The minimum atomic E-state index is -3.11. The number of nitrogens with zero attached hydrogens (tertiary/aromatic N) is 2. The summed E-state index contributed by atoms with van der Waals surface area (Å²) in [4.78, 5) is 12.5. The van der Waals surface area contributed by atoms with Crippen LogP contribution < -0.4 is 5.32 Å². The van der Waals surface area contributed by atoms with Crippen molar-refractivity contribution in [1.29, 1.82) is 0 Å². The molecule has 1 saturated carbocycles. The van der Waals surface area contributed by atoms with E-state index in [0.717, 1.165) is 23.7 Å². The van der Waals surface area contributed by atoms with E-state index in [1.54, 1.807) is 16.6 Å². The van der Waals surface area contributed by atoms with Gasteiger partial charge in [0.1, 0.15) is 0 Å². The first-order chi connectivity index (χ1) is 11.6. The Morgan fingerprint density at radius 3 is 2.67 bits per heavy atom. The van der Waals surface area contributed by atoms with Gasteiger partial charge < -0.3 is 5.32 Å². The molecule has 7 nitrogen and oxygen atoms in total. The Hall–Kier alpha value is -1.93. The fourth-order valence-corrected chi connectivity index (χ4v) is 5.13. The minimum absolute atomic E-state index is 0.00123. The number of fused-ring (bicyclic) bond motifs is 1. The third kappa shape index (κ3) is 2.80. The molecule has 1 aliphatic heterocycles.